The van der Waals surface area contributed by atoms with Gasteiger partial charge in [-0.1, -0.05) is 30.3 Å². The molecule has 3 nitrogen and oxygen atoms in total. The van der Waals surface area contributed by atoms with Gasteiger partial charge in [-0.2, -0.15) is 5.26 Å². The molecule has 2 aromatic rings. The summed E-state index contributed by atoms with van der Waals surface area (Å²) in [7, 11) is 0. The molecule has 0 unspecified atom stereocenters. The molecule has 18 heavy (non-hydrogen) atoms. The van der Waals surface area contributed by atoms with Crippen molar-refractivity contribution in [3.05, 3.63) is 75.9 Å². The molecule has 0 amide bonds. The van der Waals surface area contributed by atoms with Gasteiger partial charge in [0.05, 0.1) is 11.6 Å². The molecule has 0 saturated carbocycles. The second kappa shape index (κ2) is 5.65. The lowest BCUT2D eigenvalue weighted by Gasteiger charge is -2.03. The molecule has 0 radical (unpaired) electrons. The Balaban J connectivity index is 2.10. The van der Waals surface area contributed by atoms with Gasteiger partial charge in [0.25, 0.3) is 0 Å². The third-order valence-corrected chi connectivity index (χ3v) is 2.44. The number of rotatable bonds is 3. The van der Waals surface area contributed by atoms with Crippen molar-refractivity contribution < 1.29 is 4.74 Å². The van der Waals surface area contributed by atoms with Gasteiger partial charge in [0.15, 0.2) is 5.75 Å². The smallest absolute Gasteiger partial charge is 0.220 e. The maximum Gasteiger partial charge on any atom is 0.220 e. The number of hydrogen-bond acceptors (Lipinski definition) is 3. The predicted octanol–water partition coefficient (Wildman–Crippen LogP) is 2.50. The summed E-state index contributed by atoms with van der Waals surface area (Å²) in [6.45, 7) is 0.310. The summed E-state index contributed by atoms with van der Waals surface area (Å²) in [5.74, 6) is 0.323. The Hall–Kier alpha value is -2.60. The van der Waals surface area contributed by atoms with Crippen LogP contribution in [0.1, 0.15) is 11.1 Å². The molecule has 0 aliphatic rings. The molecule has 0 aromatic heterocycles. The Morgan fingerprint density at radius 3 is 2.44 bits per heavy atom. The fraction of sp³-hybridized carbons (Fsp3) is 0.0667. The van der Waals surface area contributed by atoms with Gasteiger partial charge in [-0.15, -0.1) is 0 Å². The van der Waals surface area contributed by atoms with Gasteiger partial charge in [0.1, 0.15) is 6.61 Å². The third-order valence-electron chi connectivity index (χ3n) is 2.44. The highest BCUT2D eigenvalue weighted by atomic mass is 16.5. The normalized spacial score (nSPS) is 9.50. The van der Waals surface area contributed by atoms with Crippen molar-refractivity contribution in [1.82, 2.24) is 0 Å². The quantitative estimate of drug-likeness (QED) is 0.824. The van der Waals surface area contributed by atoms with Crippen molar-refractivity contribution in [3.8, 4) is 11.8 Å². The first-order valence-electron chi connectivity index (χ1n) is 5.51. The Morgan fingerprint density at radius 2 is 1.72 bits per heavy atom. The van der Waals surface area contributed by atoms with Crippen LogP contribution in [0.2, 0.25) is 0 Å². The first-order chi connectivity index (χ1) is 8.79. The van der Waals surface area contributed by atoms with Crippen LogP contribution >= 0.6 is 0 Å². The van der Waals surface area contributed by atoms with Crippen molar-refractivity contribution in [3.63, 3.8) is 0 Å². The van der Waals surface area contributed by atoms with E-state index < -0.39 is 0 Å². The lowest BCUT2D eigenvalue weighted by atomic mass is 10.2. The van der Waals surface area contributed by atoms with E-state index in [0.717, 1.165) is 5.56 Å². The highest BCUT2D eigenvalue weighted by Gasteiger charge is 1.99. The molecule has 0 bridgehead atoms. The van der Waals surface area contributed by atoms with Gasteiger partial charge in [0.2, 0.25) is 5.43 Å². The van der Waals surface area contributed by atoms with Gasteiger partial charge < -0.3 is 4.74 Å². The Morgan fingerprint density at radius 1 is 1.00 bits per heavy atom. The van der Waals surface area contributed by atoms with Crippen LogP contribution in [0.25, 0.3) is 0 Å². The zero-order chi connectivity index (χ0) is 12.8. The maximum absolute atomic E-state index is 11.6. The van der Waals surface area contributed by atoms with Gasteiger partial charge in [-0.05, 0) is 29.8 Å². The van der Waals surface area contributed by atoms with Crippen LogP contribution in [-0.2, 0) is 6.61 Å². The summed E-state index contributed by atoms with van der Waals surface area (Å²) in [6.07, 6.45) is 0. The minimum absolute atomic E-state index is 0.145. The monoisotopic (exact) mass is 237 g/mol. The van der Waals surface area contributed by atoms with Crippen LogP contribution in [0.3, 0.4) is 0 Å². The van der Waals surface area contributed by atoms with E-state index in [9.17, 15) is 4.79 Å². The predicted molar refractivity (Wildman–Crippen MR) is 68.2 cm³/mol. The average molecular weight is 237 g/mol. The molecule has 0 fully saturated rings. The van der Waals surface area contributed by atoms with Gasteiger partial charge in [-0.3, -0.25) is 4.79 Å². The zero-order valence-corrected chi connectivity index (χ0v) is 9.67. The molecular formula is C15H11NO2. The van der Waals surface area contributed by atoms with Crippen LogP contribution in [0.4, 0.5) is 0 Å². The minimum Gasteiger partial charge on any atom is -0.485 e. The molecule has 0 spiro atoms. The zero-order valence-electron chi connectivity index (χ0n) is 9.67. The van der Waals surface area contributed by atoms with Crippen molar-refractivity contribution in [2.24, 2.45) is 0 Å². The van der Waals surface area contributed by atoms with E-state index in [0.29, 0.717) is 17.9 Å². The van der Waals surface area contributed by atoms with E-state index >= 15 is 0 Å². The summed E-state index contributed by atoms with van der Waals surface area (Å²) < 4.78 is 5.46. The number of nitriles is 1. The first kappa shape index (κ1) is 11.9. The van der Waals surface area contributed by atoms with E-state index in [2.05, 4.69) is 6.07 Å². The average Bonchev–Trinajstić information content (AvgIpc) is 2.62. The molecule has 0 heterocycles. The fourth-order valence-electron chi connectivity index (χ4n) is 1.47. The highest BCUT2D eigenvalue weighted by Crippen LogP contribution is 2.08. The topological polar surface area (TPSA) is 50.1 Å². The molecule has 2 aromatic carbocycles. The summed E-state index contributed by atoms with van der Waals surface area (Å²) in [4.78, 5) is 11.6. The lowest BCUT2D eigenvalue weighted by Crippen LogP contribution is -2.04. The molecular weight excluding hydrogens is 226 g/mol. The van der Waals surface area contributed by atoms with Gasteiger partial charge in [0, 0.05) is 0 Å². The van der Waals surface area contributed by atoms with Gasteiger partial charge >= 0.3 is 0 Å². The molecule has 0 aliphatic carbocycles. The lowest BCUT2D eigenvalue weighted by molar-refractivity contribution is 0.304. The SMILES string of the molecule is N#Cc1ccc(COc2cccccc2=O)cc1. The molecule has 0 N–H and O–H groups in total. The molecule has 0 saturated heterocycles. The molecule has 2 rings (SSSR count). The molecule has 0 aliphatic heterocycles. The maximum atomic E-state index is 11.6. The van der Waals surface area contributed by atoms with Crippen molar-refractivity contribution in [2.75, 3.05) is 0 Å². The van der Waals surface area contributed by atoms with Crippen LogP contribution in [0, 0.1) is 11.3 Å². The minimum atomic E-state index is -0.145. The van der Waals surface area contributed by atoms with Crippen LogP contribution in [0.5, 0.6) is 5.75 Å². The summed E-state index contributed by atoms with van der Waals surface area (Å²) >= 11 is 0. The third kappa shape index (κ3) is 2.96. The molecule has 3 heteroatoms. The molecule has 88 valence electrons. The van der Waals surface area contributed by atoms with Crippen LogP contribution in [0.15, 0.2) is 59.4 Å². The summed E-state index contributed by atoms with van der Waals surface area (Å²) in [5, 5.41) is 8.68. The van der Waals surface area contributed by atoms with E-state index in [1.165, 1.54) is 6.07 Å². The Bertz CT molecular complexity index is 627. The second-order valence-electron chi connectivity index (χ2n) is 3.74. The summed E-state index contributed by atoms with van der Waals surface area (Å²) in [5.41, 5.74) is 1.38. The van der Waals surface area contributed by atoms with E-state index in [1.54, 1.807) is 36.4 Å². The number of ether oxygens (including phenoxy) is 1. The highest BCUT2D eigenvalue weighted by molar-refractivity contribution is 5.31. The van der Waals surface area contributed by atoms with E-state index in [1.807, 2.05) is 12.1 Å². The van der Waals surface area contributed by atoms with Gasteiger partial charge in [-0.25, -0.2) is 0 Å². The number of hydrogen-bond donors (Lipinski definition) is 0. The Kier molecular flexibility index (Phi) is 3.72. The largest absolute Gasteiger partial charge is 0.485 e. The van der Waals surface area contributed by atoms with Crippen molar-refractivity contribution in [2.45, 2.75) is 6.61 Å². The van der Waals surface area contributed by atoms with Crippen LogP contribution < -0.4 is 10.2 Å². The fourth-order valence-corrected chi connectivity index (χ4v) is 1.47. The number of nitrogens with zero attached hydrogens (tertiary/aromatic N) is 1. The van der Waals surface area contributed by atoms with Crippen LogP contribution in [-0.4, -0.2) is 0 Å². The second-order valence-corrected chi connectivity index (χ2v) is 3.74. The summed E-state index contributed by atoms with van der Waals surface area (Å²) in [6, 6.07) is 17.4. The molecule has 0 atom stereocenters. The standard InChI is InChI=1S/C15H11NO2/c16-10-12-6-8-13(9-7-12)11-18-15-5-3-1-2-4-14(15)17/h1-9H,11H2. The van der Waals surface area contributed by atoms with Crippen molar-refractivity contribution >= 4 is 0 Å². The first-order valence-corrected chi connectivity index (χ1v) is 5.51. The van der Waals surface area contributed by atoms with E-state index in [-0.39, 0.29) is 5.43 Å². The number of benzene rings is 1. The Labute approximate surface area is 105 Å². The van der Waals surface area contributed by atoms with E-state index in [4.69, 9.17) is 10.00 Å². The van der Waals surface area contributed by atoms with Crippen molar-refractivity contribution in [1.29, 1.82) is 5.26 Å².